The van der Waals surface area contributed by atoms with Crippen LogP contribution in [0.3, 0.4) is 0 Å². The molecule has 3 aliphatic rings. The van der Waals surface area contributed by atoms with Crippen LogP contribution < -0.4 is 4.90 Å². The maximum absolute atomic E-state index is 13.7. The van der Waals surface area contributed by atoms with Gasteiger partial charge in [0.25, 0.3) is 0 Å². The van der Waals surface area contributed by atoms with Gasteiger partial charge >= 0.3 is 0 Å². The smallest absolute Gasteiger partial charge is 0.226 e. The summed E-state index contributed by atoms with van der Waals surface area (Å²) in [7, 11) is -2.62. The van der Waals surface area contributed by atoms with E-state index in [0.29, 0.717) is 19.4 Å². The monoisotopic (exact) mass is 592 g/mol. The Balaban J connectivity index is 1.23. The number of carbonyl (C=O) groups is 2. The molecular weight excluding hydrogens is 544 g/mol. The second-order valence-corrected chi connectivity index (χ2v) is 17.2. The SMILES string of the molecule is C[C@@H]1[C@@H]([Si](C)(C)O)[C@H](CC(=O)N2Cc3ccccc3C[C@H]2CO)O[C@@H]1CCc1ccc(N2CCCCCCC2=O)cc1. The molecule has 5 rings (SSSR count). The highest BCUT2D eigenvalue weighted by atomic mass is 28.4. The Hall–Kier alpha value is -2.52. The molecule has 2 N–H and O–H groups in total. The summed E-state index contributed by atoms with van der Waals surface area (Å²) >= 11 is 0. The first-order valence-corrected chi connectivity index (χ1v) is 18.9. The topological polar surface area (TPSA) is 90.3 Å². The van der Waals surface area contributed by atoms with Gasteiger partial charge in [0.15, 0.2) is 8.32 Å². The molecule has 8 heteroatoms. The van der Waals surface area contributed by atoms with Gasteiger partial charge in [0, 0.05) is 30.7 Å². The minimum absolute atomic E-state index is 0.0148. The van der Waals surface area contributed by atoms with Crippen molar-refractivity contribution in [3.63, 3.8) is 0 Å². The van der Waals surface area contributed by atoms with Gasteiger partial charge < -0.3 is 24.4 Å². The van der Waals surface area contributed by atoms with E-state index in [1.54, 1.807) is 0 Å². The van der Waals surface area contributed by atoms with Gasteiger partial charge in [0.05, 0.1) is 31.3 Å². The zero-order chi connectivity index (χ0) is 29.9. The van der Waals surface area contributed by atoms with Crippen LogP contribution in [0.15, 0.2) is 48.5 Å². The number of ether oxygens (including phenoxy) is 1. The van der Waals surface area contributed by atoms with Crippen LogP contribution in [0.2, 0.25) is 18.6 Å². The first-order chi connectivity index (χ1) is 20.2. The number of aliphatic hydroxyl groups excluding tert-OH is 1. The van der Waals surface area contributed by atoms with E-state index in [0.717, 1.165) is 49.9 Å². The summed E-state index contributed by atoms with van der Waals surface area (Å²) in [4.78, 5) is 41.4. The van der Waals surface area contributed by atoms with Gasteiger partial charge in [-0.1, -0.05) is 56.2 Å². The lowest BCUT2D eigenvalue weighted by molar-refractivity contribution is -0.138. The van der Waals surface area contributed by atoms with Gasteiger partial charge in [-0.15, -0.1) is 0 Å². The van der Waals surface area contributed by atoms with E-state index in [1.807, 2.05) is 35.0 Å². The summed E-state index contributed by atoms with van der Waals surface area (Å²) in [6.07, 6.45) is 7.10. The van der Waals surface area contributed by atoms with Crippen molar-refractivity contribution in [2.24, 2.45) is 5.92 Å². The molecule has 2 aromatic rings. The molecular formula is C34H48N2O5Si. The maximum atomic E-state index is 13.7. The molecule has 42 heavy (non-hydrogen) atoms. The van der Waals surface area contributed by atoms with Crippen LogP contribution in [0.5, 0.6) is 0 Å². The highest BCUT2D eigenvalue weighted by Crippen LogP contribution is 2.46. The van der Waals surface area contributed by atoms with E-state index in [-0.39, 0.29) is 54.6 Å². The van der Waals surface area contributed by atoms with E-state index in [2.05, 4.69) is 43.3 Å². The molecule has 0 radical (unpaired) electrons. The Morgan fingerprint density at radius 2 is 1.71 bits per heavy atom. The molecule has 2 amide bonds. The number of rotatable bonds is 8. The van der Waals surface area contributed by atoms with Gasteiger partial charge in [-0.25, -0.2) is 0 Å². The molecule has 7 nitrogen and oxygen atoms in total. The highest BCUT2D eigenvalue weighted by molar-refractivity contribution is 6.71. The Morgan fingerprint density at radius 3 is 2.43 bits per heavy atom. The van der Waals surface area contributed by atoms with E-state index in [4.69, 9.17) is 4.74 Å². The molecule has 0 bridgehead atoms. The van der Waals surface area contributed by atoms with Gasteiger partial charge in [0.1, 0.15) is 0 Å². The molecule has 3 heterocycles. The lowest BCUT2D eigenvalue weighted by Gasteiger charge is -2.37. The molecule has 3 aliphatic heterocycles. The standard InChI is InChI=1S/C34H48N2O5Si/c1-24-30(18-15-25-13-16-28(17-14-25)35-19-9-5-4-6-12-32(35)38)41-31(34(24)42(2,3)40)21-33(39)36-22-27-11-8-7-10-26(27)20-29(36)23-37/h7-8,10-11,13-14,16-17,24,29-31,34,37,40H,4-6,9,12,15,18-23H2,1-3H3/t24-,29-,30+,31-,34+/m0/s1. The lowest BCUT2D eigenvalue weighted by atomic mass is 9.93. The fraction of sp³-hybridized carbons (Fsp3) is 0.588. The van der Waals surface area contributed by atoms with Gasteiger partial charge in [-0.3, -0.25) is 9.59 Å². The van der Waals surface area contributed by atoms with Crippen molar-refractivity contribution in [1.82, 2.24) is 4.90 Å². The first-order valence-electron chi connectivity index (χ1n) is 15.9. The van der Waals surface area contributed by atoms with E-state index < -0.39 is 8.32 Å². The van der Waals surface area contributed by atoms with Crippen molar-refractivity contribution in [3.05, 3.63) is 65.2 Å². The molecule has 0 aromatic heterocycles. The average molecular weight is 593 g/mol. The molecule has 2 fully saturated rings. The molecule has 0 spiro atoms. The number of anilines is 1. The van der Waals surface area contributed by atoms with Crippen molar-refractivity contribution in [1.29, 1.82) is 0 Å². The number of hydrogen-bond acceptors (Lipinski definition) is 5. The van der Waals surface area contributed by atoms with Crippen LogP contribution in [0.1, 0.15) is 68.6 Å². The van der Waals surface area contributed by atoms with Crippen molar-refractivity contribution in [2.45, 2.75) is 108 Å². The second kappa shape index (κ2) is 13.4. The summed E-state index contributed by atoms with van der Waals surface area (Å²) in [6, 6.07) is 16.3. The molecule has 0 unspecified atom stereocenters. The maximum Gasteiger partial charge on any atom is 0.226 e. The van der Waals surface area contributed by atoms with Crippen molar-refractivity contribution in [3.8, 4) is 0 Å². The number of hydrogen-bond donors (Lipinski definition) is 2. The third kappa shape index (κ3) is 6.99. The van der Waals surface area contributed by atoms with E-state index >= 15 is 0 Å². The average Bonchev–Trinajstić information content (AvgIpc) is 3.28. The second-order valence-electron chi connectivity index (χ2n) is 13.2. The molecule has 228 valence electrons. The number of nitrogens with zero attached hydrogens (tertiary/aromatic N) is 2. The quantitative estimate of drug-likeness (QED) is 0.410. The predicted molar refractivity (Wildman–Crippen MR) is 168 cm³/mol. The summed E-state index contributed by atoms with van der Waals surface area (Å²) in [5.74, 6) is 0.347. The van der Waals surface area contributed by atoms with Crippen molar-refractivity contribution < 1.29 is 24.2 Å². The number of carbonyl (C=O) groups excluding carboxylic acids is 2. The summed E-state index contributed by atoms with van der Waals surface area (Å²) in [5.41, 5.74) is 4.45. The van der Waals surface area contributed by atoms with Crippen molar-refractivity contribution in [2.75, 3.05) is 18.1 Å². The van der Waals surface area contributed by atoms with Gasteiger partial charge in [-0.2, -0.15) is 0 Å². The Morgan fingerprint density at radius 1 is 1.00 bits per heavy atom. The lowest BCUT2D eigenvalue weighted by Crippen LogP contribution is -2.48. The van der Waals surface area contributed by atoms with Crippen LogP contribution in [0.4, 0.5) is 5.69 Å². The van der Waals surface area contributed by atoms with Gasteiger partial charge in [0.2, 0.25) is 11.8 Å². The molecule has 0 saturated carbocycles. The minimum atomic E-state index is -2.62. The van der Waals surface area contributed by atoms with Gasteiger partial charge in [-0.05, 0) is 79.9 Å². The number of aliphatic hydroxyl groups is 1. The summed E-state index contributed by atoms with van der Waals surface area (Å²) in [6.45, 7) is 7.28. The van der Waals surface area contributed by atoms with E-state index in [9.17, 15) is 19.5 Å². The summed E-state index contributed by atoms with van der Waals surface area (Å²) in [5, 5.41) is 10.1. The largest absolute Gasteiger partial charge is 0.432 e. The molecule has 2 saturated heterocycles. The van der Waals surface area contributed by atoms with E-state index in [1.165, 1.54) is 17.5 Å². The van der Waals surface area contributed by atoms with Crippen molar-refractivity contribution >= 4 is 25.8 Å². The zero-order valence-electron chi connectivity index (χ0n) is 25.5. The Bertz CT molecular complexity index is 1230. The number of aryl methyl sites for hydroxylation is 1. The Kier molecular flexibility index (Phi) is 9.87. The molecule has 0 aliphatic carbocycles. The first kappa shape index (κ1) is 30.9. The summed E-state index contributed by atoms with van der Waals surface area (Å²) < 4.78 is 6.60. The number of amides is 2. The zero-order valence-corrected chi connectivity index (χ0v) is 26.5. The predicted octanol–water partition coefficient (Wildman–Crippen LogP) is 5.22. The van der Waals surface area contributed by atoms with Crippen LogP contribution in [-0.2, 0) is 33.7 Å². The van der Waals surface area contributed by atoms with Crippen LogP contribution in [0, 0.1) is 5.92 Å². The highest BCUT2D eigenvalue weighted by Gasteiger charge is 2.50. The van der Waals surface area contributed by atoms with Crippen LogP contribution in [-0.4, -0.2) is 66.3 Å². The fourth-order valence-corrected chi connectivity index (χ4v) is 10.1. The number of benzene rings is 2. The normalized spacial score (nSPS) is 27.0. The van der Waals surface area contributed by atoms with Crippen LogP contribution >= 0.6 is 0 Å². The van der Waals surface area contributed by atoms with Crippen LogP contribution in [0.25, 0.3) is 0 Å². The third-order valence-corrected chi connectivity index (χ3v) is 12.3. The minimum Gasteiger partial charge on any atom is -0.432 e. The Labute approximate surface area is 252 Å². The number of fused-ring (bicyclic) bond motifs is 1. The molecule has 5 atom stereocenters. The fourth-order valence-electron chi connectivity index (χ4n) is 7.52. The third-order valence-electron chi connectivity index (χ3n) is 9.77. The molecule has 2 aromatic carbocycles.